The monoisotopic (exact) mass is 379 g/mol. The molecule has 0 aromatic carbocycles. The van der Waals surface area contributed by atoms with Crippen LogP contribution >= 0.6 is 0 Å². The third-order valence-electron chi connectivity index (χ3n) is 6.24. The smallest absolute Gasteiger partial charge is 0.217 e. The molecule has 4 saturated heterocycles. The molecule has 26 heavy (non-hydrogen) atoms. The third kappa shape index (κ3) is 3.18. The number of hydrogen-bond donors (Lipinski definition) is 1. The van der Waals surface area contributed by atoms with Gasteiger partial charge in [-0.2, -0.15) is 4.31 Å². The van der Waals surface area contributed by atoms with E-state index in [0.717, 1.165) is 56.8 Å². The topological polar surface area (TPSA) is 82.8 Å². The molecule has 0 saturated carbocycles. The Morgan fingerprint density at radius 2 is 1.69 bits per heavy atom. The number of hydrogen-bond acceptors (Lipinski definition) is 6. The van der Waals surface area contributed by atoms with E-state index in [4.69, 9.17) is 5.73 Å². The number of rotatable bonds is 3. The molecular formula is C18H29N5O2S. The Morgan fingerprint density at radius 1 is 1.00 bits per heavy atom. The summed E-state index contributed by atoms with van der Waals surface area (Å²) in [5.41, 5.74) is 8.84. The maximum atomic E-state index is 13.3. The Balaban J connectivity index is 1.47. The molecule has 1 aromatic heterocycles. The normalized spacial score (nSPS) is 28.3. The molecule has 5 rings (SSSR count). The van der Waals surface area contributed by atoms with Gasteiger partial charge in [0.05, 0.1) is 22.8 Å². The van der Waals surface area contributed by atoms with Crippen LogP contribution < -0.4 is 10.6 Å². The van der Waals surface area contributed by atoms with Gasteiger partial charge in [0.15, 0.2) is 0 Å². The van der Waals surface area contributed by atoms with E-state index in [2.05, 4.69) is 14.8 Å². The van der Waals surface area contributed by atoms with Crippen molar-refractivity contribution in [2.24, 2.45) is 0 Å². The molecule has 8 heteroatoms. The molecule has 0 amide bonds. The summed E-state index contributed by atoms with van der Waals surface area (Å²) in [4.78, 5) is 8.74. The lowest BCUT2D eigenvalue weighted by Crippen LogP contribution is -2.49. The van der Waals surface area contributed by atoms with Crippen LogP contribution in [0, 0.1) is 6.92 Å². The molecule has 4 aliphatic rings. The van der Waals surface area contributed by atoms with Crippen molar-refractivity contribution in [3.05, 3.63) is 18.0 Å². The largest absolute Gasteiger partial charge is 0.396 e. The summed E-state index contributed by atoms with van der Waals surface area (Å²) in [7, 11) is -3.23. The van der Waals surface area contributed by atoms with Gasteiger partial charge in [0, 0.05) is 38.4 Å². The standard InChI is InChI=1S/C18H29N5O2S/c1-14-12-20-13-17(19)18(14)22-8-4-16(5-9-22)26(24,25)23-11-10-21-6-2-15(23)3-7-21/h12-13,15-16H,2-11,19H2,1H3. The molecule has 0 aliphatic carbocycles. The highest BCUT2D eigenvalue weighted by Crippen LogP contribution is 2.33. The minimum absolute atomic E-state index is 0.204. The first-order chi connectivity index (χ1) is 12.5. The van der Waals surface area contributed by atoms with Crippen molar-refractivity contribution in [1.29, 1.82) is 0 Å². The number of nitrogens with two attached hydrogens (primary N) is 1. The second-order valence-corrected chi connectivity index (χ2v) is 9.97. The fraction of sp³-hybridized carbons (Fsp3) is 0.722. The summed E-state index contributed by atoms with van der Waals surface area (Å²) < 4.78 is 28.5. The highest BCUT2D eigenvalue weighted by molar-refractivity contribution is 7.89. The van der Waals surface area contributed by atoms with Gasteiger partial charge >= 0.3 is 0 Å². The number of aromatic nitrogens is 1. The molecule has 4 aliphatic heterocycles. The van der Waals surface area contributed by atoms with Gasteiger partial charge < -0.3 is 15.5 Å². The van der Waals surface area contributed by atoms with Crippen LogP contribution in [0.5, 0.6) is 0 Å². The highest BCUT2D eigenvalue weighted by Gasteiger charge is 2.41. The number of fused-ring (bicyclic) bond motifs is 4. The number of nitrogen functional groups attached to an aromatic ring is 1. The first-order valence-electron chi connectivity index (χ1n) is 9.65. The number of piperidine rings is 2. The lowest BCUT2D eigenvalue weighted by Gasteiger charge is -2.38. The SMILES string of the molecule is Cc1cncc(N)c1N1CCC(S(=O)(=O)N2CCN3CCC2CC3)CC1. The second kappa shape index (κ2) is 6.98. The van der Waals surface area contributed by atoms with Gasteiger partial charge in [-0.15, -0.1) is 0 Å². The van der Waals surface area contributed by atoms with Crippen molar-refractivity contribution in [2.75, 3.05) is 49.9 Å². The van der Waals surface area contributed by atoms with Crippen LogP contribution in [-0.4, -0.2) is 73.2 Å². The average Bonchev–Trinajstić information content (AvgIpc) is 2.96. The molecule has 5 heterocycles. The van der Waals surface area contributed by atoms with E-state index in [-0.39, 0.29) is 11.3 Å². The molecule has 0 radical (unpaired) electrons. The predicted octanol–water partition coefficient (Wildman–Crippen LogP) is 1.05. The molecule has 0 unspecified atom stereocenters. The summed E-state index contributed by atoms with van der Waals surface area (Å²) in [6.07, 6.45) is 6.77. The van der Waals surface area contributed by atoms with E-state index in [1.54, 1.807) is 6.20 Å². The maximum Gasteiger partial charge on any atom is 0.217 e. The Hall–Kier alpha value is -1.38. The van der Waals surface area contributed by atoms with Crippen LogP contribution in [0.15, 0.2) is 12.4 Å². The second-order valence-electron chi connectivity index (χ2n) is 7.81. The van der Waals surface area contributed by atoms with E-state index in [1.165, 1.54) is 0 Å². The van der Waals surface area contributed by atoms with E-state index in [9.17, 15) is 8.42 Å². The molecule has 144 valence electrons. The Bertz CT molecular complexity index is 733. The summed E-state index contributed by atoms with van der Waals surface area (Å²) in [5, 5.41) is -0.269. The van der Waals surface area contributed by atoms with Crippen LogP contribution in [0.3, 0.4) is 0 Å². The number of pyridine rings is 1. The lowest BCUT2D eigenvalue weighted by molar-refractivity contribution is 0.232. The van der Waals surface area contributed by atoms with Crippen molar-refractivity contribution in [1.82, 2.24) is 14.2 Å². The minimum Gasteiger partial charge on any atom is -0.396 e. The van der Waals surface area contributed by atoms with Crippen LogP contribution in [-0.2, 0) is 10.0 Å². The van der Waals surface area contributed by atoms with Crippen LogP contribution in [0.4, 0.5) is 11.4 Å². The Kier molecular flexibility index (Phi) is 4.83. The highest BCUT2D eigenvalue weighted by atomic mass is 32.2. The molecule has 2 bridgehead atoms. The summed E-state index contributed by atoms with van der Waals surface area (Å²) >= 11 is 0. The van der Waals surface area contributed by atoms with Crippen LogP contribution in [0.2, 0.25) is 0 Å². The zero-order valence-corrected chi connectivity index (χ0v) is 16.3. The number of anilines is 2. The predicted molar refractivity (Wildman–Crippen MR) is 104 cm³/mol. The first kappa shape index (κ1) is 18.0. The zero-order chi connectivity index (χ0) is 18.3. The number of nitrogens with zero attached hydrogens (tertiary/aromatic N) is 4. The van der Waals surface area contributed by atoms with E-state index >= 15 is 0 Å². The van der Waals surface area contributed by atoms with Crippen LogP contribution in [0.1, 0.15) is 31.2 Å². The van der Waals surface area contributed by atoms with Gasteiger partial charge in [0.1, 0.15) is 0 Å². The zero-order valence-electron chi connectivity index (χ0n) is 15.5. The molecule has 2 N–H and O–H groups in total. The summed E-state index contributed by atoms with van der Waals surface area (Å²) in [6.45, 7) is 7.06. The van der Waals surface area contributed by atoms with Crippen molar-refractivity contribution < 1.29 is 8.42 Å². The molecule has 4 fully saturated rings. The van der Waals surface area contributed by atoms with Gasteiger partial charge in [-0.3, -0.25) is 4.98 Å². The number of sulfonamides is 1. The molecule has 1 aromatic rings. The fourth-order valence-electron chi connectivity index (χ4n) is 4.77. The van der Waals surface area contributed by atoms with Gasteiger partial charge in [-0.25, -0.2) is 8.42 Å². The van der Waals surface area contributed by atoms with Crippen molar-refractivity contribution in [2.45, 2.75) is 43.9 Å². The maximum absolute atomic E-state index is 13.3. The van der Waals surface area contributed by atoms with E-state index in [0.29, 0.717) is 25.1 Å². The van der Waals surface area contributed by atoms with E-state index in [1.807, 2.05) is 17.4 Å². The average molecular weight is 380 g/mol. The fourth-order valence-corrected chi connectivity index (χ4v) is 6.92. The Morgan fingerprint density at radius 3 is 2.35 bits per heavy atom. The first-order valence-corrected chi connectivity index (χ1v) is 11.1. The summed E-state index contributed by atoms with van der Waals surface area (Å²) in [6, 6.07) is 0.204. The molecule has 0 spiro atoms. The minimum atomic E-state index is -3.23. The van der Waals surface area contributed by atoms with Crippen molar-refractivity contribution >= 4 is 21.4 Å². The van der Waals surface area contributed by atoms with Crippen LogP contribution in [0.25, 0.3) is 0 Å². The van der Waals surface area contributed by atoms with Crippen molar-refractivity contribution in [3.63, 3.8) is 0 Å². The molecule has 7 nitrogen and oxygen atoms in total. The van der Waals surface area contributed by atoms with Gasteiger partial charge in [0.2, 0.25) is 10.0 Å². The van der Waals surface area contributed by atoms with E-state index < -0.39 is 10.0 Å². The Labute approximate surface area is 156 Å². The lowest BCUT2D eigenvalue weighted by atomic mass is 10.1. The van der Waals surface area contributed by atoms with Gasteiger partial charge in [0.25, 0.3) is 0 Å². The van der Waals surface area contributed by atoms with Gasteiger partial charge in [-0.05, 0) is 51.3 Å². The summed E-state index contributed by atoms with van der Waals surface area (Å²) in [5.74, 6) is 0. The van der Waals surface area contributed by atoms with Crippen molar-refractivity contribution in [3.8, 4) is 0 Å². The quantitative estimate of drug-likeness (QED) is 0.845. The molecule has 0 atom stereocenters. The van der Waals surface area contributed by atoms with Gasteiger partial charge in [-0.1, -0.05) is 0 Å². The number of aryl methyl sites for hydroxylation is 1. The molecular weight excluding hydrogens is 350 g/mol. The third-order valence-corrected chi connectivity index (χ3v) is 8.68.